The first-order chi connectivity index (χ1) is 8.98. The second kappa shape index (κ2) is 5.59. The molecular weight excluding hydrogens is 311 g/mol. The number of halogens is 2. The smallest absolute Gasteiger partial charge is 0.231 e. The molecule has 0 saturated heterocycles. The summed E-state index contributed by atoms with van der Waals surface area (Å²) in [4.78, 5) is 12.4. The fourth-order valence-corrected chi connectivity index (χ4v) is 2.95. The van der Waals surface area contributed by atoms with Crippen LogP contribution < -0.4 is 11.1 Å². The van der Waals surface area contributed by atoms with Crippen LogP contribution in [-0.4, -0.2) is 12.5 Å². The van der Waals surface area contributed by atoms with Crippen LogP contribution >= 0.6 is 15.9 Å². The Bertz CT molecular complexity index is 498. The van der Waals surface area contributed by atoms with Crippen LogP contribution in [0, 0.1) is 18.2 Å². The van der Waals surface area contributed by atoms with Crippen LogP contribution in [0.3, 0.4) is 0 Å². The number of rotatable bonds is 3. The molecule has 19 heavy (non-hydrogen) atoms. The van der Waals surface area contributed by atoms with E-state index in [-0.39, 0.29) is 11.7 Å². The molecule has 5 heteroatoms. The predicted octanol–water partition coefficient (Wildman–Crippen LogP) is 3.35. The molecule has 3 nitrogen and oxygen atoms in total. The average molecular weight is 329 g/mol. The molecule has 1 aliphatic rings. The fraction of sp³-hybridized carbons (Fsp3) is 0.500. The van der Waals surface area contributed by atoms with Gasteiger partial charge in [-0.05, 0) is 53.4 Å². The van der Waals surface area contributed by atoms with Gasteiger partial charge in [-0.1, -0.05) is 12.8 Å². The van der Waals surface area contributed by atoms with E-state index in [1.165, 1.54) is 6.07 Å². The molecule has 0 unspecified atom stereocenters. The maximum Gasteiger partial charge on any atom is 0.231 e. The number of carbonyl (C=O) groups excluding carboxylic acids is 1. The van der Waals surface area contributed by atoms with Gasteiger partial charge in [-0.2, -0.15) is 0 Å². The molecule has 0 heterocycles. The highest BCUT2D eigenvalue weighted by Crippen LogP contribution is 2.38. The summed E-state index contributed by atoms with van der Waals surface area (Å²) in [6.45, 7) is 2.13. The first-order valence-corrected chi connectivity index (χ1v) is 7.25. The normalized spacial score (nSPS) is 17.5. The highest BCUT2D eigenvalue weighted by atomic mass is 79.9. The Morgan fingerprint density at radius 2 is 2.11 bits per heavy atom. The second-order valence-corrected chi connectivity index (χ2v) is 6.08. The monoisotopic (exact) mass is 328 g/mol. The maximum absolute atomic E-state index is 13.4. The highest BCUT2D eigenvalue weighted by molar-refractivity contribution is 9.10. The molecule has 1 aliphatic carbocycles. The number of amides is 1. The van der Waals surface area contributed by atoms with Crippen LogP contribution in [-0.2, 0) is 4.79 Å². The predicted molar refractivity (Wildman–Crippen MR) is 77.4 cm³/mol. The van der Waals surface area contributed by atoms with E-state index in [1.807, 2.05) is 0 Å². The highest BCUT2D eigenvalue weighted by Gasteiger charge is 2.39. The molecule has 1 aromatic rings. The van der Waals surface area contributed by atoms with Gasteiger partial charge in [0.1, 0.15) is 5.82 Å². The van der Waals surface area contributed by atoms with Gasteiger partial charge in [-0.15, -0.1) is 0 Å². The summed E-state index contributed by atoms with van der Waals surface area (Å²) in [6, 6.07) is 3.01. The Morgan fingerprint density at radius 3 is 2.68 bits per heavy atom. The molecule has 2 rings (SSSR count). The van der Waals surface area contributed by atoms with Crippen LogP contribution in [0.4, 0.5) is 10.1 Å². The molecule has 1 saturated carbocycles. The number of hydrogen-bond donors (Lipinski definition) is 2. The van der Waals surface area contributed by atoms with Crippen molar-refractivity contribution in [2.24, 2.45) is 11.1 Å². The average Bonchev–Trinajstić information content (AvgIpc) is 2.86. The third-order valence-corrected chi connectivity index (χ3v) is 4.56. The van der Waals surface area contributed by atoms with Gasteiger partial charge in [0.2, 0.25) is 5.91 Å². The zero-order chi connectivity index (χ0) is 14.0. The van der Waals surface area contributed by atoms with Gasteiger partial charge in [0.15, 0.2) is 0 Å². The summed E-state index contributed by atoms with van der Waals surface area (Å²) >= 11 is 3.13. The van der Waals surface area contributed by atoms with E-state index in [0.717, 1.165) is 25.7 Å². The van der Waals surface area contributed by atoms with E-state index in [1.54, 1.807) is 13.0 Å². The number of nitrogens with one attached hydrogen (secondary N) is 1. The van der Waals surface area contributed by atoms with E-state index in [0.29, 0.717) is 22.3 Å². The molecule has 3 N–H and O–H groups in total. The van der Waals surface area contributed by atoms with E-state index >= 15 is 0 Å². The van der Waals surface area contributed by atoms with Gasteiger partial charge in [0, 0.05) is 12.2 Å². The first-order valence-electron chi connectivity index (χ1n) is 6.46. The van der Waals surface area contributed by atoms with Gasteiger partial charge in [0.25, 0.3) is 0 Å². The molecule has 0 aliphatic heterocycles. The van der Waals surface area contributed by atoms with Crippen LogP contribution in [0.15, 0.2) is 16.6 Å². The fourth-order valence-electron chi connectivity index (χ4n) is 2.61. The van der Waals surface area contributed by atoms with Gasteiger partial charge in [-0.3, -0.25) is 4.79 Å². The standard InChI is InChI=1S/C14H18BrFN2O/c1-9-6-11(16)10(15)7-12(9)18-13(19)14(8-17)4-2-3-5-14/h6-7H,2-5,8,17H2,1H3,(H,18,19). The summed E-state index contributed by atoms with van der Waals surface area (Å²) in [5, 5.41) is 2.90. The lowest BCUT2D eigenvalue weighted by Crippen LogP contribution is -2.40. The van der Waals surface area contributed by atoms with Crippen molar-refractivity contribution < 1.29 is 9.18 Å². The Labute approximate surface area is 120 Å². The lowest BCUT2D eigenvalue weighted by atomic mass is 9.85. The number of carbonyl (C=O) groups is 1. The summed E-state index contributed by atoms with van der Waals surface area (Å²) in [5.74, 6) is -0.376. The molecule has 0 aromatic heterocycles. The van der Waals surface area contributed by atoms with E-state index in [2.05, 4.69) is 21.2 Å². The third kappa shape index (κ3) is 2.82. The Morgan fingerprint density at radius 1 is 1.47 bits per heavy atom. The number of hydrogen-bond acceptors (Lipinski definition) is 2. The summed E-state index contributed by atoms with van der Waals surface area (Å²) in [5.41, 5.74) is 6.68. The van der Waals surface area contributed by atoms with Crippen molar-refractivity contribution in [3.05, 3.63) is 28.0 Å². The molecule has 1 amide bonds. The molecule has 0 spiro atoms. The minimum absolute atomic E-state index is 0.0471. The van der Waals surface area contributed by atoms with Crippen molar-refractivity contribution >= 4 is 27.5 Å². The number of aryl methyl sites for hydroxylation is 1. The molecule has 1 fully saturated rings. The Balaban J connectivity index is 2.21. The van der Waals surface area contributed by atoms with Crippen molar-refractivity contribution in [3.63, 3.8) is 0 Å². The zero-order valence-electron chi connectivity index (χ0n) is 10.9. The van der Waals surface area contributed by atoms with Crippen molar-refractivity contribution in [2.75, 3.05) is 11.9 Å². The minimum Gasteiger partial charge on any atom is -0.329 e. The molecular formula is C14H18BrFN2O. The quantitative estimate of drug-likeness (QED) is 0.893. The summed E-state index contributed by atoms with van der Waals surface area (Å²) in [6.07, 6.45) is 3.74. The van der Waals surface area contributed by atoms with Gasteiger partial charge >= 0.3 is 0 Å². The van der Waals surface area contributed by atoms with Gasteiger partial charge < -0.3 is 11.1 Å². The van der Waals surface area contributed by atoms with Crippen LogP contribution in [0.1, 0.15) is 31.2 Å². The van der Waals surface area contributed by atoms with Crippen LogP contribution in [0.2, 0.25) is 0 Å². The number of nitrogens with two attached hydrogens (primary N) is 1. The van der Waals surface area contributed by atoms with E-state index in [4.69, 9.17) is 5.73 Å². The van der Waals surface area contributed by atoms with Crippen LogP contribution in [0.25, 0.3) is 0 Å². The third-order valence-electron chi connectivity index (χ3n) is 3.95. The van der Waals surface area contributed by atoms with Crippen molar-refractivity contribution in [1.82, 2.24) is 0 Å². The zero-order valence-corrected chi connectivity index (χ0v) is 12.5. The van der Waals surface area contributed by atoms with Gasteiger partial charge in [-0.25, -0.2) is 4.39 Å². The molecule has 1 aromatic carbocycles. The Hall–Kier alpha value is -0.940. The Kier molecular flexibility index (Phi) is 4.26. The van der Waals surface area contributed by atoms with Crippen molar-refractivity contribution in [2.45, 2.75) is 32.6 Å². The van der Waals surface area contributed by atoms with Crippen molar-refractivity contribution in [1.29, 1.82) is 0 Å². The molecule has 104 valence electrons. The SMILES string of the molecule is Cc1cc(F)c(Br)cc1NC(=O)C1(CN)CCCC1. The lowest BCUT2D eigenvalue weighted by molar-refractivity contribution is -0.124. The lowest BCUT2D eigenvalue weighted by Gasteiger charge is -2.26. The first kappa shape index (κ1) is 14.5. The summed E-state index contributed by atoms with van der Waals surface area (Å²) in [7, 11) is 0. The van der Waals surface area contributed by atoms with E-state index < -0.39 is 5.41 Å². The van der Waals surface area contributed by atoms with Gasteiger partial charge in [0.05, 0.1) is 9.89 Å². The minimum atomic E-state index is -0.451. The maximum atomic E-state index is 13.4. The van der Waals surface area contributed by atoms with Crippen molar-refractivity contribution in [3.8, 4) is 0 Å². The largest absolute Gasteiger partial charge is 0.329 e. The number of anilines is 1. The molecule has 0 radical (unpaired) electrons. The second-order valence-electron chi connectivity index (χ2n) is 5.23. The number of benzene rings is 1. The summed E-state index contributed by atoms with van der Waals surface area (Å²) < 4.78 is 13.7. The van der Waals surface area contributed by atoms with Crippen LogP contribution in [0.5, 0.6) is 0 Å². The molecule has 0 atom stereocenters. The molecule has 0 bridgehead atoms. The van der Waals surface area contributed by atoms with E-state index in [9.17, 15) is 9.18 Å². The topological polar surface area (TPSA) is 55.1 Å².